The standard InChI is InChI=1S/C22H25N3O/c1-16(22(26)24-18-7-3-2-4-8-18)25-13-11-17(12-14-25)20-15-23-21-10-6-5-9-19(20)21/h2-10,15-17,23H,11-14H2,1H3,(H,24,26)/t16-/m0/s1. The number of rotatable bonds is 4. The Morgan fingerprint density at radius 2 is 1.77 bits per heavy atom. The summed E-state index contributed by atoms with van der Waals surface area (Å²) in [5.74, 6) is 0.633. The number of hydrogen-bond acceptors (Lipinski definition) is 2. The fourth-order valence-electron chi connectivity index (χ4n) is 3.96. The average molecular weight is 347 g/mol. The Balaban J connectivity index is 1.38. The van der Waals surface area contributed by atoms with Crippen molar-refractivity contribution in [3.05, 3.63) is 66.4 Å². The molecule has 0 radical (unpaired) electrons. The molecule has 1 aromatic heterocycles. The van der Waals surface area contributed by atoms with E-state index in [0.29, 0.717) is 5.92 Å². The molecule has 4 nitrogen and oxygen atoms in total. The first-order valence-corrected chi connectivity index (χ1v) is 9.38. The number of para-hydroxylation sites is 2. The molecule has 4 heteroatoms. The highest BCUT2D eigenvalue weighted by Crippen LogP contribution is 2.33. The van der Waals surface area contributed by atoms with Gasteiger partial charge < -0.3 is 10.3 Å². The molecule has 0 unspecified atom stereocenters. The SMILES string of the molecule is C[C@@H](C(=O)Nc1ccccc1)N1CCC(c2c[nH]c3ccccc23)CC1. The van der Waals surface area contributed by atoms with Crippen molar-refractivity contribution in [3.63, 3.8) is 0 Å². The normalized spacial score (nSPS) is 17.3. The number of carbonyl (C=O) groups is 1. The van der Waals surface area contributed by atoms with Crippen LogP contribution in [0.1, 0.15) is 31.2 Å². The monoisotopic (exact) mass is 347 g/mol. The molecule has 134 valence electrons. The van der Waals surface area contributed by atoms with Crippen LogP contribution in [0.2, 0.25) is 0 Å². The number of amides is 1. The van der Waals surface area contributed by atoms with E-state index < -0.39 is 0 Å². The van der Waals surface area contributed by atoms with Crippen molar-refractivity contribution in [3.8, 4) is 0 Å². The van der Waals surface area contributed by atoms with E-state index in [2.05, 4.69) is 45.7 Å². The van der Waals surface area contributed by atoms with Gasteiger partial charge in [-0.15, -0.1) is 0 Å². The maximum atomic E-state index is 12.5. The minimum Gasteiger partial charge on any atom is -0.361 e. The topological polar surface area (TPSA) is 48.1 Å². The van der Waals surface area contributed by atoms with E-state index in [0.717, 1.165) is 31.6 Å². The van der Waals surface area contributed by atoms with Gasteiger partial charge in [-0.25, -0.2) is 0 Å². The number of piperidine rings is 1. The van der Waals surface area contributed by atoms with Crippen molar-refractivity contribution in [2.45, 2.75) is 31.7 Å². The van der Waals surface area contributed by atoms with E-state index >= 15 is 0 Å². The van der Waals surface area contributed by atoms with Crippen molar-refractivity contribution >= 4 is 22.5 Å². The predicted molar refractivity (Wildman–Crippen MR) is 106 cm³/mol. The number of aromatic amines is 1. The molecule has 1 aliphatic rings. The summed E-state index contributed by atoms with van der Waals surface area (Å²) in [5.41, 5.74) is 3.49. The summed E-state index contributed by atoms with van der Waals surface area (Å²) >= 11 is 0. The highest BCUT2D eigenvalue weighted by Gasteiger charge is 2.28. The number of nitrogens with one attached hydrogen (secondary N) is 2. The van der Waals surface area contributed by atoms with Gasteiger partial charge in [0.1, 0.15) is 0 Å². The molecule has 0 aliphatic carbocycles. The number of carbonyl (C=O) groups excluding carboxylic acids is 1. The number of aromatic nitrogens is 1. The van der Waals surface area contributed by atoms with Crippen molar-refractivity contribution in [2.75, 3.05) is 18.4 Å². The average Bonchev–Trinajstić information content (AvgIpc) is 3.12. The molecule has 1 amide bonds. The van der Waals surface area contributed by atoms with E-state index in [1.54, 1.807) is 0 Å². The lowest BCUT2D eigenvalue weighted by Gasteiger charge is -2.35. The van der Waals surface area contributed by atoms with E-state index in [9.17, 15) is 4.79 Å². The van der Waals surface area contributed by atoms with Crippen LogP contribution in [0.25, 0.3) is 10.9 Å². The van der Waals surface area contributed by atoms with Crippen molar-refractivity contribution in [1.82, 2.24) is 9.88 Å². The predicted octanol–water partition coefficient (Wildman–Crippen LogP) is 4.37. The summed E-state index contributed by atoms with van der Waals surface area (Å²) in [7, 11) is 0. The van der Waals surface area contributed by atoms with Crippen LogP contribution in [0.4, 0.5) is 5.69 Å². The molecule has 0 spiro atoms. The lowest BCUT2D eigenvalue weighted by molar-refractivity contribution is -0.121. The third-order valence-corrected chi connectivity index (χ3v) is 5.56. The van der Waals surface area contributed by atoms with Crippen LogP contribution >= 0.6 is 0 Å². The lowest BCUT2D eigenvalue weighted by atomic mass is 9.88. The summed E-state index contributed by atoms with van der Waals surface area (Å²) in [4.78, 5) is 18.2. The number of hydrogen-bond donors (Lipinski definition) is 2. The quantitative estimate of drug-likeness (QED) is 0.736. The van der Waals surface area contributed by atoms with Gasteiger partial charge in [0.05, 0.1) is 6.04 Å². The Labute approximate surface area is 154 Å². The maximum absolute atomic E-state index is 12.5. The summed E-state index contributed by atoms with van der Waals surface area (Å²) in [6.07, 6.45) is 4.34. The molecule has 1 aliphatic heterocycles. The molecule has 26 heavy (non-hydrogen) atoms. The molecule has 0 saturated carbocycles. The largest absolute Gasteiger partial charge is 0.361 e. The number of nitrogens with zero attached hydrogens (tertiary/aromatic N) is 1. The molecule has 3 aromatic rings. The second kappa shape index (κ2) is 7.34. The number of likely N-dealkylation sites (tertiary alicyclic amines) is 1. The van der Waals surface area contributed by atoms with Gasteiger partial charge in [-0.1, -0.05) is 36.4 Å². The molecule has 4 rings (SSSR count). The van der Waals surface area contributed by atoms with Gasteiger partial charge in [0.25, 0.3) is 0 Å². The van der Waals surface area contributed by atoms with Crippen molar-refractivity contribution < 1.29 is 4.79 Å². The number of anilines is 1. The first-order valence-electron chi connectivity index (χ1n) is 9.38. The summed E-state index contributed by atoms with van der Waals surface area (Å²) in [6.45, 7) is 3.91. The van der Waals surface area contributed by atoms with Gasteiger partial charge in [-0.2, -0.15) is 0 Å². The molecule has 1 saturated heterocycles. The zero-order valence-corrected chi connectivity index (χ0v) is 15.1. The third-order valence-electron chi connectivity index (χ3n) is 5.56. The molecule has 2 heterocycles. The maximum Gasteiger partial charge on any atom is 0.241 e. The molecule has 2 aromatic carbocycles. The van der Waals surface area contributed by atoms with Gasteiger partial charge in [-0.3, -0.25) is 9.69 Å². The summed E-state index contributed by atoms with van der Waals surface area (Å²) in [5, 5.41) is 4.35. The van der Waals surface area contributed by atoms with E-state index in [1.165, 1.54) is 16.5 Å². The molecule has 1 fully saturated rings. The Bertz CT molecular complexity index is 879. The minimum atomic E-state index is -0.112. The second-order valence-corrected chi connectivity index (χ2v) is 7.13. The molecule has 0 bridgehead atoms. The third kappa shape index (κ3) is 3.37. The van der Waals surface area contributed by atoms with Gasteiger partial charge in [0.2, 0.25) is 5.91 Å². The van der Waals surface area contributed by atoms with E-state index in [4.69, 9.17) is 0 Å². The number of benzene rings is 2. The highest BCUT2D eigenvalue weighted by molar-refractivity contribution is 5.94. The molecule has 1 atom stereocenters. The van der Waals surface area contributed by atoms with Crippen molar-refractivity contribution in [2.24, 2.45) is 0 Å². The fraction of sp³-hybridized carbons (Fsp3) is 0.318. The van der Waals surface area contributed by atoms with Crippen LogP contribution in [-0.4, -0.2) is 34.9 Å². The smallest absolute Gasteiger partial charge is 0.241 e. The molecular formula is C22H25N3O. The second-order valence-electron chi connectivity index (χ2n) is 7.13. The Kier molecular flexibility index (Phi) is 4.76. The first kappa shape index (κ1) is 16.9. The zero-order valence-electron chi connectivity index (χ0n) is 15.1. The van der Waals surface area contributed by atoms with Crippen LogP contribution in [0, 0.1) is 0 Å². The fourth-order valence-corrected chi connectivity index (χ4v) is 3.96. The molecule has 2 N–H and O–H groups in total. The van der Waals surface area contributed by atoms with Gasteiger partial charge in [0, 0.05) is 22.8 Å². The van der Waals surface area contributed by atoms with Crippen LogP contribution in [0.3, 0.4) is 0 Å². The van der Waals surface area contributed by atoms with Crippen LogP contribution < -0.4 is 5.32 Å². The van der Waals surface area contributed by atoms with Crippen molar-refractivity contribution in [1.29, 1.82) is 0 Å². The van der Waals surface area contributed by atoms with Gasteiger partial charge in [0.15, 0.2) is 0 Å². The van der Waals surface area contributed by atoms with E-state index in [1.807, 2.05) is 37.3 Å². The van der Waals surface area contributed by atoms with Crippen LogP contribution in [0.5, 0.6) is 0 Å². The summed E-state index contributed by atoms with van der Waals surface area (Å²) < 4.78 is 0. The summed E-state index contributed by atoms with van der Waals surface area (Å²) in [6, 6.07) is 18.1. The van der Waals surface area contributed by atoms with E-state index in [-0.39, 0.29) is 11.9 Å². The number of H-pyrrole nitrogens is 1. The van der Waals surface area contributed by atoms with Crippen LogP contribution in [-0.2, 0) is 4.79 Å². The highest BCUT2D eigenvalue weighted by atomic mass is 16.2. The Morgan fingerprint density at radius 3 is 2.54 bits per heavy atom. The molecular weight excluding hydrogens is 322 g/mol. The van der Waals surface area contributed by atoms with Gasteiger partial charge in [-0.05, 0) is 62.5 Å². The first-order chi connectivity index (χ1) is 12.7. The minimum absolute atomic E-state index is 0.0711. The van der Waals surface area contributed by atoms with Gasteiger partial charge >= 0.3 is 0 Å². The zero-order chi connectivity index (χ0) is 17.9. The van der Waals surface area contributed by atoms with Crippen LogP contribution in [0.15, 0.2) is 60.8 Å². The number of fused-ring (bicyclic) bond motifs is 1. The Hall–Kier alpha value is -2.59. The Morgan fingerprint density at radius 1 is 1.08 bits per heavy atom. The lowest BCUT2D eigenvalue weighted by Crippen LogP contribution is -2.45.